The number of phenols is 2. The van der Waals surface area contributed by atoms with Gasteiger partial charge in [0.15, 0.2) is 5.78 Å². The van der Waals surface area contributed by atoms with Crippen molar-refractivity contribution in [3.63, 3.8) is 0 Å². The Bertz CT molecular complexity index is 1860. The average Bonchev–Trinajstić information content (AvgIpc) is 3.40. The highest BCUT2D eigenvalue weighted by Gasteiger charge is 2.39. The molecule has 2 heterocycles. The second-order valence-electron chi connectivity index (χ2n) is 9.66. The van der Waals surface area contributed by atoms with Crippen LogP contribution in [0.5, 0.6) is 11.5 Å². The summed E-state index contributed by atoms with van der Waals surface area (Å²) in [6.07, 6.45) is 0. The largest absolute Gasteiger partial charge is 0.507 e. The number of phenolic OH excluding ortho intramolecular Hbond substituents is 2. The van der Waals surface area contributed by atoms with E-state index in [2.05, 4.69) is 10.9 Å². The van der Waals surface area contributed by atoms with Crippen LogP contribution in [-0.4, -0.2) is 61.5 Å². The smallest absolute Gasteiger partial charge is 0.280 e. The molecule has 0 radical (unpaired) electrons. The molecule has 2 aliphatic rings. The van der Waals surface area contributed by atoms with Crippen molar-refractivity contribution < 1.29 is 43.8 Å². The van der Waals surface area contributed by atoms with E-state index in [1.54, 1.807) is 0 Å². The molecule has 13 nitrogen and oxygen atoms in total. The predicted molar refractivity (Wildman–Crippen MR) is 148 cm³/mol. The quantitative estimate of drug-likeness (QED) is 0.193. The molecule has 13 heteroatoms. The number of fused-ring (bicyclic) bond motifs is 2. The van der Waals surface area contributed by atoms with Crippen molar-refractivity contribution in [2.24, 2.45) is 0 Å². The maximum absolute atomic E-state index is 13.4. The number of nitrogens with one attached hydrogen (secondary N) is 2. The number of para-hydroxylation sites is 2. The molecule has 0 fully saturated rings. The van der Waals surface area contributed by atoms with Crippen molar-refractivity contribution in [3.8, 4) is 11.5 Å². The minimum absolute atomic E-state index is 0.0276. The van der Waals surface area contributed by atoms with Crippen LogP contribution in [0.2, 0.25) is 0 Å². The van der Waals surface area contributed by atoms with Crippen molar-refractivity contribution >= 4 is 41.2 Å². The van der Waals surface area contributed by atoms with Gasteiger partial charge in [0.1, 0.15) is 11.5 Å². The van der Waals surface area contributed by atoms with Gasteiger partial charge in [-0.1, -0.05) is 36.4 Å². The van der Waals surface area contributed by atoms with Gasteiger partial charge in [0.25, 0.3) is 35.4 Å². The van der Waals surface area contributed by atoms with Crippen LogP contribution in [0.15, 0.2) is 84.9 Å². The van der Waals surface area contributed by atoms with Crippen molar-refractivity contribution in [2.75, 3.05) is 0 Å². The standard InChI is InChI=1S/C31H18N4O9/c36-23-7-3-1-5-19(23)26(39)32-34-28(41)17-11-9-15(13-21(17)30(34)43)25(38)16-10-12-18-22(14-16)31(44)35(29(18)42)33-27(40)20-6-2-4-8-24(20)37/h1-14,36-37H,(H,32,39)(H,33,40). The SMILES string of the molecule is O=C(c1ccc2c(c1)C(=O)N(NC(=O)c1ccccc1O)C2=O)c1ccc2c(c1)C(=O)N(NC(=O)c1ccccc1O)C2=O. The molecular weight excluding hydrogens is 572 g/mol. The van der Waals surface area contributed by atoms with Crippen LogP contribution in [0.1, 0.15) is 78.1 Å². The maximum atomic E-state index is 13.4. The Balaban J connectivity index is 1.22. The Hall–Kier alpha value is -6.63. The molecule has 4 aromatic carbocycles. The summed E-state index contributed by atoms with van der Waals surface area (Å²) in [7, 11) is 0. The van der Waals surface area contributed by atoms with Crippen molar-refractivity contribution in [3.05, 3.63) is 129 Å². The first-order chi connectivity index (χ1) is 21.1. The van der Waals surface area contributed by atoms with E-state index in [4.69, 9.17) is 0 Å². The lowest BCUT2D eigenvalue weighted by Crippen LogP contribution is -2.45. The summed E-state index contributed by atoms with van der Waals surface area (Å²) >= 11 is 0. The Morgan fingerprint density at radius 3 is 1.25 bits per heavy atom. The van der Waals surface area contributed by atoms with Gasteiger partial charge in [-0.05, 0) is 48.5 Å². The molecule has 0 aromatic heterocycles. The zero-order valence-corrected chi connectivity index (χ0v) is 22.2. The summed E-state index contributed by atoms with van der Waals surface area (Å²) in [5.41, 5.74) is 3.47. The van der Waals surface area contributed by atoms with Gasteiger partial charge >= 0.3 is 0 Å². The molecule has 2 aliphatic heterocycles. The molecule has 4 N–H and O–H groups in total. The molecule has 0 bridgehead atoms. The summed E-state index contributed by atoms with van der Waals surface area (Å²) in [6.45, 7) is 0. The first-order valence-corrected chi connectivity index (χ1v) is 12.8. The number of ketones is 1. The van der Waals surface area contributed by atoms with E-state index >= 15 is 0 Å². The summed E-state index contributed by atoms with van der Waals surface area (Å²) in [6, 6.07) is 18.5. The van der Waals surface area contributed by atoms with E-state index in [1.807, 2.05) is 0 Å². The number of carbonyl (C=O) groups excluding carboxylic acids is 7. The number of aromatic hydroxyl groups is 2. The van der Waals surface area contributed by atoms with Gasteiger partial charge in [0.2, 0.25) is 0 Å². The lowest BCUT2D eigenvalue weighted by atomic mass is 9.96. The number of hydrogen-bond donors (Lipinski definition) is 4. The van der Waals surface area contributed by atoms with E-state index in [9.17, 15) is 43.8 Å². The van der Waals surface area contributed by atoms with Gasteiger partial charge in [-0.25, -0.2) is 0 Å². The van der Waals surface area contributed by atoms with Gasteiger partial charge in [-0.2, -0.15) is 10.0 Å². The first-order valence-electron chi connectivity index (χ1n) is 12.8. The first kappa shape index (κ1) is 27.5. The van der Waals surface area contributed by atoms with Crippen molar-refractivity contribution in [1.82, 2.24) is 20.9 Å². The summed E-state index contributed by atoms with van der Waals surface area (Å²) in [4.78, 5) is 90.3. The third kappa shape index (κ3) is 4.41. The number of imide groups is 2. The summed E-state index contributed by atoms with van der Waals surface area (Å²) < 4.78 is 0. The number of benzene rings is 4. The minimum Gasteiger partial charge on any atom is -0.507 e. The summed E-state index contributed by atoms with van der Waals surface area (Å²) in [5, 5.41) is 20.8. The molecule has 6 rings (SSSR count). The molecule has 0 spiro atoms. The monoisotopic (exact) mass is 590 g/mol. The maximum Gasteiger partial charge on any atom is 0.280 e. The van der Waals surface area contributed by atoms with E-state index in [1.165, 1.54) is 84.9 Å². The third-order valence-electron chi connectivity index (χ3n) is 7.02. The topological polar surface area (TPSA) is 190 Å². The Morgan fingerprint density at radius 2 is 0.864 bits per heavy atom. The molecular formula is C31H18N4O9. The van der Waals surface area contributed by atoms with E-state index in [0.717, 1.165) is 0 Å². The Labute approximate surface area is 246 Å². The predicted octanol–water partition coefficient (Wildman–Crippen LogP) is 2.21. The minimum atomic E-state index is -0.908. The molecule has 4 aromatic rings. The van der Waals surface area contributed by atoms with Gasteiger partial charge in [-0.15, -0.1) is 0 Å². The van der Waals surface area contributed by atoms with Crippen LogP contribution in [0, 0.1) is 0 Å². The molecule has 0 unspecified atom stereocenters. The third-order valence-corrected chi connectivity index (χ3v) is 7.02. The fraction of sp³-hybridized carbons (Fsp3) is 0. The highest BCUT2D eigenvalue weighted by Crippen LogP contribution is 2.28. The molecule has 216 valence electrons. The van der Waals surface area contributed by atoms with Crippen LogP contribution in [0.25, 0.3) is 0 Å². The molecule has 0 atom stereocenters. The zero-order valence-electron chi connectivity index (χ0n) is 22.2. The van der Waals surface area contributed by atoms with Crippen LogP contribution in [0.3, 0.4) is 0 Å². The molecule has 0 aliphatic carbocycles. The normalized spacial score (nSPS) is 13.5. The fourth-order valence-corrected chi connectivity index (χ4v) is 4.79. The molecule has 0 saturated carbocycles. The van der Waals surface area contributed by atoms with Crippen LogP contribution in [-0.2, 0) is 0 Å². The van der Waals surface area contributed by atoms with Gasteiger partial charge in [0.05, 0.1) is 33.4 Å². The second kappa shape index (κ2) is 10.3. The zero-order chi connectivity index (χ0) is 31.3. The number of carbonyl (C=O) groups is 7. The number of amides is 6. The van der Waals surface area contributed by atoms with Gasteiger partial charge < -0.3 is 10.2 Å². The van der Waals surface area contributed by atoms with Gasteiger partial charge in [-0.3, -0.25) is 44.4 Å². The molecule has 6 amide bonds. The van der Waals surface area contributed by atoms with Crippen molar-refractivity contribution in [2.45, 2.75) is 0 Å². The number of hydrazine groups is 2. The lowest BCUT2D eigenvalue weighted by molar-refractivity contribution is 0.0512. The van der Waals surface area contributed by atoms with E-state index in [-0.39, 0.29) is 56.0 Å². The summed E-state index contributed by atoms with van der Waals surface area (Å²) in [5.74, 6) is -6.68. The van der Waals surface area contributed by atoms with E-state index in [0.29, 0.717) is 10.0 Å². The number of hydrogen-bond acceptors (Lipinski definition) is 9. The lowest BCUT2D eigenvalue weighted by Gasteiger charge is -2.15. The Kier molecular flexibility index (Phi) is 6.46. The van der Waals surface area contributed by atoms with Gasteiger partial charge in [0, 0.05) is 11.1 Å². The fourth-order valence-electron chi connectivity index (χ4n) is 4.79. The number of rotatable bonds is 6. The van der Waals surface area contributed by atoms with E-state index < -0.39 is 41.2 Å². The highest BCUT2D eigenvalue weighted by molar-refractivity contribution is 6.25. The number of nitrogens with zero attached hydrogens (tertiary/aromatic N) is 2. The second-order valence-corrected chi connectivity index (χ2v) is 9.66. The Morgan fingerprint density at radius 1 is 0.500 bits per heavy atom. The van der Waals surface area contributed by atoms with Crippen LogP contribution >= 0.6 is 0 Å². The molecule has 44 heavy (non-hydrogen) atoms. The average molecular weight is 591 g/mol. The highest BCUT2D eigenvalue weighted by atomic mass is 16.3. The van der Waals surface area contributed by atoms with Crippen LogP contribution in [0.4, 0.5) is 0 Å². The molecule has 0 saturated heterocycles. The van der Waals surface area contributed by atoms with Crippen LogP contribution < -0.4 is 10.9 Å². The van der Waals surface area contributed by atoms with Crippen molar-refractivity contribution in [1.29, 1.82) is 0 Å².